The predicted octanol–water partition coefficient (Wildman–Crippen LogP) is 1.44. The van der Waals surface area contributed by atoms with Crippen molar-refractivity contribution >= 4 is 23.7 Å². The lowest BCUT2D eigenvalue weighted by molar-refractivity contribution is 0.388. The second-order valence-corrected chi connectivity index (χ2v) is 3.78. The molecule has 1 N–H and O–H groups in total. The molecule has 1 heterocycles. The van der Waals surface area contributed by atoms with Crippen LogP contribution in [0.2, 0.25) is 0 Å². The summed E-state index contributed by atoms with van der Waals surface area (Å²) in [7, 11) is 1.98. The van der Waals surface area contributed by atoms with Crippen LogP contribution in [-0.4, -0.2) is 22.8 Å². The van der Waals surface area contributed by atoms with Crippen molar-refractivity contribution in [3.8, 4) is 0 Å². The Hall–Kier alpha value is -1.20. The van der Waals surface area contributed by atoms with Crippen molar-refractivity contribution < 1.29 is 4.42 Å². The van der Waals surface area contributed by atoms with Gasteiger partial charge in [0.2, 0.25) is 0 Å². The minimum absolute atomic E-state index is 0.412. The molecule has 1 aromatic carbocycles. The molecular weight excluding hydrogens is 212 g/mol. The van der Waals surface area contributed by atoms with Gasteiger partial charge in [0.25, 0.3) is 0 Å². The summed E-state index contributed by atoms with van der Waals surface area (Å²) in [5, 5.41) is 0. The highest BCUT2D eigenvalue weighted by atomic mass is 32.1. The van der Waals surface area contributed by atoms with Crippen LogP contribution >= 0.6 is 12.6 Å². The maximum Gasteiger partial charge on any atom is 0.417 e. The van der Waals surface area contributed by atoms with Crippen LogP contribution < -0.4 is 5.76 Å². The van der Waals surface area contributed by atoms with Gasteiger partial charge in [-0.2, -0.15) is 12.6 Å². The molecule has 0 fully saturated rings. The van der Waals surface area contributed by atoms with E-state index in [-0.39, 0.29) is 0 Å². The van der Waals surface area contributed by atoms with Gasteiger partial charge < -0.3 is 4.42 Å². The van der Waals surface area contributed by atoms with E-state index in [1.165, 1.54) is 0 Å². The smallest absolute Gasteiger partial charge is 0.408 e. The number of nitrogens with zero attached hydrogens (tertiary/aromatic N) is 1. The summed E-state index contributed by atoms with van der Waals surface area (Å²) in [5.41, 5.74) is 2.46. The molecule has 80 valence electrons. The molecule has 2 aromatic rings. The van der Waals surface area contributed by atoms with Crippen LogP contribution in [0.25, 0.3) is 11.1 Å². The molecule has 0 spiro atoms. The van der Waals surface area contributed by atoms with E-state index in [1.54, 1.807) is 6.07 Å². The number of oxazole rings is 1. The lowest BCUT2D eigenvalue weighted by Gasteiger charge is -2.12. The topological polar surface area (TPSA) is 49.2 Å². The average molecular weight is 224 g/mol. The lowest BCUT2D eigenvalue weighted by atomic mass is 10.2. The SMILES string of the molecule is CN(CS)Cc1ccc2oc(=O)[nH]c2c1. The Morgan fingerprint density at radius 1 is 1.53 bits per heavy atom. The van der Waals surface area contributed by atoms with Crippen molar-refractivity contribution in [3.05, 3.63) is 34.3 Å². The molecule has 0 atom stereocenters. The summed E-state index contributed by atoms with van der Waals surface area (Å²) in [6, 6.07) is 5.66. The highest BCUT2D eigenvalue weighted by molar-refractivity contribution is 7.80. The molecule has 0 unspecified atom stereocenters. The van der Waals surface area contributed by atoms with E-state index in [0.29, 0.717) is 11.5 Å². The van der Waals surface area contributed by atoms with Gasteiger partial charge in [-0.25, -0.2) is 4.79 Å². The van der Waals surface area contributed by atoms with E-state index in [9.17, 15) is 4.79 Å². The van der Waals surface area contributed by atoms with Crippen molar-refractivity contribution in [2.24, 2.45) is 0 Å². The zero-order valence-corrected chi connectivity index (χ0v) is 9.25. The van der Waals surface area contributed by atoms with Gasteiger partial charge in [0, 0.05) is 12.4 Å². The molecule has 0 amide bonds. The van der Waals surface area contributed by atoms with Crippen molar-refractivity contribution in [1.29, 1.82) is 0 Å². The number of rotatable bonds is 3. The lowest BCUT2D eigenvalue weighted by Crippen LogP contribution is -2.15. The fraction of sp³-hybridized carbons (Fsp3) is 0.300. The molecule has 1 aromatic heterocycles. The van der Waals surface area contributed by atoms with Crippen LogP contribution in [0.3, 0.4) is 0 Å². The molecule has 0 saturated carbocycles. The van der Waals surface area contributed by atoms with Crippen molar-refractivity contribution in [1.82, 2.24) is 9.88 Å². The maximum atomic E-state index is 10.9. The van der Waals surface area contributed by atoms with Crippen molar-refractivity contribution in [2.45, 2.75) is 6.54 Å². The summed E-state index contributed by atoms with van der Waals surface area (Å²) in [6.07, 6.45) is 0. The first-order valence-corrected chi connectivity index (χ1v) is 5.23. The van der Waals surface area contributed by atoms with E-state index in [1.807, 2.05) is 19.2 Å². The minimum Gasteiger partial charge on any atom is -0.408 e. The van der Waals surface area contributed by atoms with E-state index in [0.717, 1.165) is 17.6 Å². The molecule has 0 aliphatic heterocycles. The summed E-state index contributed by atoms with van der Waals surface area (Å²) >= 11 is 4.17. The van der Waals surface area contributed by atoms with Gasteiger partial charge in [0.05, 0.1) is 5.52 Å². The van der Waals surface area contributed by atoms with E-state index in [2.05, 4.69) is 22.5 Å². The number of aromatic nitrogens is 1. The Bertz CT molecular complexity index is 517. The first kappa shape index (κ1) is 10.3. The highest BCUT2D eigenvalue weighted by Crippen LogP contribution is 2.13. The Morgan fingerprint density at radius 3 is 3.07 bits per heavy atom. The average Bonchev–Trinajstić information content (AvgIpc) is 2.57. The van der Waals surface area contributed by atoms with Gasteiger partial charge in [-0.05, 0) is 24.7 Å². The van der Waals surface area contributed by atoms with Gasteiger partial charge in [-0.1, -0.05) is 6.07 Å². The molecule has 0 bridgehead atoms. The summed E-state index contributed by atoms with van der Waals surface area (Å²) in [6.45, 7) is 0.798. The monoisotopic (exact) mass is 224 g/mol. The first-order valence-electron chi connectivity index (χ1n) is 4.60. The maximum absolute atomic E-state index is 10.9. The van der Waals surface area contributed by atoms with Gasteiger partial charge in [-0.15, -0.1) is 0 Å². The fourth-order valence-corrected chi connectivity index (χ4v) is 1.56. The Kier molecular flexibility index (Phi) is 2.83. The number of nitrogens with one attached hydrogen (secondary N) is 1. The highest BCUT2D eigenvalue weighted by Gasteiger charge is 2.03. The molecule has 0 radical (unpaired) electrons. The first-order chi connectivity index (χ1) is 7.19. The van der Waals surface area contributed by atoms with E-state index >= 15 is 0 Å². The van der Waals surface area contributed by atoms with E-state index in [4.69, 9.17) is 4.42 Å². The predicted molar refractivity (Wildman–Crippen MR) is 62.2 cm³/mol. The largest absolute Gasteiger partial charge is 0.417 e. The van der Waals surface area contributed by atoms with Crippen molar-refractivity contribution in [2.75, 3.05) is 12.9 Å². The molecule has 4 nitrogen and oxygen atoms in total. The van der Waals surface area contributed by atoms with Gasteiger partial charge in [-0.3, -0.25) is 9.88 Å². The number of aromatic amines is 1. The molecule has 2 rings (SSSR count). The number of hydrogen-bond donors (Lipinski definition) is 2. The second kappa shape index (κ2) is 4.12. The zero-order chi connectivity index (χ0) is 10.8. The number of H-pyrrole nitrogens is 1. The summed E-state index contributed by atoms with van der Waals surface area (Å²) in [4.78, 5) is 15.6. The molecule has 0 aliphatic rings. The standard InChI is InChI=1S/C10H12N2O2S/c1-12(6-15)5-7-2-3-9-8(4-7)11-10(13)14-9/h2-4,15H,5-6H2,1H3,(H,11,13). The third kappa shape index (κ3) is 2.24. The second-order valence-electron chi connectivity index (χ2n) is 3.50. The quantitative estimate of drug-likeness (QED) is 0.612. The number of fused-ring (bicyclic) bond motifs is 1. The molecule has 0 saturated heterocycles. The number of hydrogen-bond acceptors (Lipinski definition) is 4. The minimum atomic E-state index is -0.412. The van der Waals surface area contributed by atoms with Crippen LogP contribution in [0.15, 0.2) is 27.4 Å². The number of thiol groups is 1. The van der Waals surface area contributed by atoms with Gasteiger partial charge >= 0.3 is 5.76 Å². The third-order valence-electron chi connectivity index (χ3n) is 2.18. The Morgan fingerprint density at radius 2 is 2.33 bits per heavy atom. The Labute approximate surface area is 92.3 Å². The fourth-order valence-electron chi connectivity index (χ4n) is 1.46. The van der Waals surface area contributed by atoms with Crippen LogP contribution in [-0.2, 0) is 6.54 Å². The van der Waals surface area contributed by atoms with Gasteiger partial charge in [0.1, 0.15) is 0 Å². The normalized spacial score (nSPS) is 11.4. The van der Waals surface area contributed by atoms with Gasteiger partial charge in [0.15, 0.2) is 5.58 Å². The number of benzene rings is 1. The van der Waals surface area contributed by atoms with Crippen LogP contribution in [0, 0.1) is 0 Å². The Balaban J connectivity index is 2.34. The molecular formula is C10H12N2O2S. The third-order valence-corrected chi connectivity index (χ3v) is 2.66. The summed E-state index contributed by atoms with van der Waals surface area (Å²) < 4.78 is 4.91. The van der Waals surface area contributed by atoms with Crippen LogP contribution in [0.5, 0.6) is 0 Å². The molecule has 15 heavy (non-hydrogen) atoms. The zero-order valence-electron chi connectivity index (χ0n) is 8.36. The van der Waals surface area contributed by atoms with Crippen molar-refractivity contribution in [3.63, 3.8) is 0 Å². The molecule has 5 heteroatoms. The summed E-state index contributed by atoms with van der Waals surface area (Å²) in [5.74, 6) is 0.282. The van der Waals surface area contributed by atoms with Crippen LogP contribution in [0.4, 0.5) is 0 Å². The van der Waals surface area contributed by atoms with E-state index < -0.39 is 5.76 Å². The molecule has 0 aliphatic carbocycles. The van der Waals surface area contributed by atoms with Crippen LogP contribution in [0.1, 0.15) is 5.56 Å².